The molecule has 1 saturated heterocycles. The van der Waals surface area contributed by atoms with Crippen LogP contribution in [0.15, 0.2) is 30.3 Å². The summed E-state index contributed by atoms with van der Waals surface area (Å²) in [4.78, 5) is 34.2. The lowest BCUT2D eigenvalue weighted by Gasteiger charge is -2.22. The topological polar surface area (TPSA) is 82.1 Å². The highest BCUT2D eigenvalue weighted by atomic mass is 16.6. The van der Waals surface area contributed by atoms with E-state index in [1.54, 1.807) is 35.0 Å². The second kappa shape index (κ2) is 12.3. The normalized spacial score (nSPS) is 13.9. The van der Waals surface area contributed by atoms with Crippen molar-refractivity contribution in [3.05, 3.63) is 35.9 Å². The molecule has 1 heterocycles. The zero-order valence-electron chi connectivity index (χ0n) is 18.9. The average Bonchev–Trinajstić information content (AvgIpc) is 2.94. The van der Waals surface area contributed by atoms with Gasteiger partial charge in [-0.3, -0.25) is 9.59 Å². The summed E-state index contributed by atoms with van der Waals surface area (Å²) in [5, 5.41) is 0. The zero-order valence-corrected chi connectivity index (χ0v) is 18.9. The fourth-order valence-corrected chi connectivity index (χ4v) is 1.83. The van der Waals surface area contributed by atoms with E-state index >= 15 is 0 Å². The van der Waals surface area contributed by atoms with E-state index < -0.39 is 23.5 Å². The van der Waals surface area contributed by atoms with E-state index in [0.717, 1.165) is 0 Å². The molecule has 0 aliphatic carbocycles. The van der Waals surface area contributed by atoms with E-state index in [0.29, 0.717) is 11.5 Å². The van der Waals surface area contributed by atoms with Crippen molar-refractivity contribution in [2.45, 2.75) is 72.2 Å². The number of carbonyl (C=O) groups is 3. The van der Waals surface area contributed by atoms with Crippen molar-refractivity contribution in [3.63, 3.8) is 0 Å². The first-order chi connectivity index (χ1) is 13.3. The Bertz CT molecular complexity index is 628. The van der Waals surface area contributed by atoms with Gasteiger partial charge >= 0.3 is 6.09 Å². The van der Waals surface area contributed by atoms with Crippen LogP contribution in [-0.2, 0) is 30.4 Å². The van der Waals surface area contributed by atoms with Crippen LogP contribution in [0, 0.1) is 0 Å². The number of methoxy groups -OCH3 is 2. The second-order valence-corrected chi connectivity index (χ2v) is 8.34. The van der Waals surface area contributed by atoms with E-state index in [-0.39, 0.29) is 18.4 Å². The number of rotatable bonds is 2. The smallest absolute Gasteiger partial charge is 0.424 e. The van der Waals surface area contributed by atoms with Gasteiger partial charge in [-0.1, -0.05) is 30.3 Å². The van der Waals surface area contributed by atoms with Crippen molar-refractivity contribution < 1.29 is 28.6 Å². The molecule has 0 aromatic heterocycles. The van der Waals surface area contributed by atoms with Crippen molar-refractivity contribution in [3.8, 4) is 0 Å². The molecule has 0 N–H and O–H groups in total. The number of amides is 3. The maximum atomic E-state index is 11.3. The highest BCUT2D eigenvalue weighted by Crippen LogP contribution is 2.16. The van der Waals surface area contributed by atoms with Gasteiger partial charge < -0.3 is 14.2 Å². The predicted octanol–water partition coefficient (Wildman–Crippen LogP) is 4.33. The van der Waals surface area contributed by atoms with Crippen LogP contribution in [0.25, 0.3) is 0 Å². The highest BCUT2D eigenvalue weighted by Gasteiger charge is 2.37. The molecule has 1 aliphatic heterocycles. The SMILES string of the molecule is CC(C)(C)OC(=O)N1C(=O)CCC1=O.COC(C)(C)C.COCc1ccccc1. The Kier molecular flexibility index (Phi) is 11.4. The first kappa shape index (κ1) is 26.8. The first-order valence-corrected chi connectivity index (χ1v) is 9.47. The van der Waals surface area contributed by atoms with Crippen LogP contribution in [0.5, 0.6) is 0 Å². The summed E-state index contributed by atoms with van der Waals surface area (Å²) in [6.07, 6.45) is -0.680. The molecule has 29 heavy (non-hydrogen) atoms. The standard InChI is InChI=1S/C9H13NO4.C8H10O.C5H12O/c1-9(2,3)14-8(13)10-6(11)4-5-7(10)12;1-9-7-8-5-3-2-4-6-8;1-5(2,3)6-4/h4-5H2,1-3H3;2-6H,7H2,1H3;1-4H3. The van der Waals surface area contributed by atoms with Crippen LogP contribution < -0.4 is 0 Å². The molecule has 0 saturated carbocycles. The molecule has 0 spiro atoms. The van der Waals surface area contributed by atoms with Crippen LogP contribution in [0.2, 0.25) is 0 Å². The molecule has 7 heteroatoms. The van der Waals surface area contributed by atoms with Crippen molar-refractivity contribution in [2.75, 3.05) is 14.2 Å². The Morgan fingerprint density at radius 3 is 1.69 bits per heavy atom. The molecule has 1 aromatic carbocycles. The van der Waals surface area contributed by atoms with Gasteiger partial charge in [0.15, 0.2) is 0 Å². The van der Waals surface area contributed by atoms with Gasteiger partial charge in [0.2, 0.25) is 11.8 Å². The molecule has 1 aliphatic rings. The molecule has 0 atom stereocenters. The summed E-state index contributed by atoms with van der Waals surface area (Å²) in [5.74, 6) is -0.964. The third-order valence-corrected chi connectivity index (χ3v) is 3.39. The molecule has 0 bridgehead atoms. The van der Waals surface area contributed by atoms with Gasteiger partial charge in [0.05, 0.1) is 12.2 Å². The fourth-order valence-electron chi connectivity index (χ4n) is 1.83. The zero-order chi connectivity index (χ0) is 22.7. The van der Waals surface area contributed by atoms with E-state index in [2.05, 4.69) is 0 Å². The number of ether oxygens (including phenoxy) is 3. The number of nitrogens with zero attached hydrogens (tertiary/aromatic N) is 1. The maximum absolute atomic E-state index is 11.3. The lowest BCUT2D eigenvalue weighted by molar-refractivity contribution is -0.137. The summed E-state index contributed by atoms with van der Waals surface area (Å²) >= 11 is 0. The van der Waals surface area contributed by atoms with Gasteiger partial charge in [-0.2, -0.15) is 4.90 Å². The number of imide groups is 3. The Hall–Kier alpha value is -2.25. The van der Waals surface area contributed by atoms with Crippen LogP contribution >= 0.6 is 0 Å². The monoisotopic (exact) mass is 409 g/mol. The van der Waals surface area contributed by atoms with Crippen LogP contribution in [-0.4, -0.2) is 48.2 Å². The number of likely N-dealkylation sites (tertiary alicyclic amines) is 1. The minimum atomic E-state index is -0.870. The molecule has 1 aromatic rings. The third kappa shape index (κ3) is 12.8. The number of hydrogen-bond acceptors (Lipinski definition) is 6. The molecule has 0 radical (unpaired) electrons. The minimum Gasteiger partial charge on any atom is -0.443 e. The Morgan fingerprint density at radius 2 is 1.34 bits per heavy atom. The average molecular weight is 410 g/mol. The molecule has 7 nitrogen and oxygen atoms in total. The number of benzene rings is 1. The third-order valence-electron chi connectivity index (χ3n) is 3.39. The van der Waals surface area contributed by atoms with Gasteiger partial charge in [-0.25, -0.2) is 4.79 Å². The van der Waals surface area contributed by atoms with Gasteiger partial charge in [0.1, 0.15) is 5.60 Å². The summed E-state index contributed by atoms with van der Waals surface area (Å²) in [6.45, 7) is 11.8. The highest BCUT2D eigenvalue weighted by molar-refractivity contribution is 6.13. The summed E-state index contributed by atoms with van der Waals surface area (Å²) in [5.41, 5.74) is 0.570. The molecule has 2 rings (SSSR count). The van der Waals surface area contributed by atoms with Crippen molar-refractivity contribution in [1.29, 1.82) is 0 Å². The van der Waals surface area contributed by atoms with Gasteiger partial charge in [0, 0.05) is 27.1 Å². The van der Waals surface area contributed by atoms with Crippen LogP contribution in [0.4, 0.5) is 4.79 Å². The van der Waals surface area contributed by atoms with E-state index in [1.807, 2.05) is 51.1 Å². The molecule has 164 valence electrons. The van der Waals surface area contributed by atoms with Crippen LogP contribution in [0.1, 0.15) is 59.9 Å². The van der Waals surface area contributed by atoms with Crippen molar-refractivity contribution in [2.24, 2.45) is 0 Å². The van der Waals surface area contributed by atoms with E-state index in [4.69, 9.17) is 14.2 Å². The maximum Gasteiger partial charge on any atom is 0.424 e. The second-order valence-electron chi connectivity index (χ2n) is 8.34. The van der Waals surface area contributed by atoms with Crippen molar-refractivity contribution >= 4 is 17.9 Å². The van der Waals surface area contributed by atoms with Crippen LogP contribution in [0.3, 0.4) is 0 Å². The lowest BCUT2D eigenvalue weighted by Crippen LogP contribution is -2.39. The first-order valence-electron chi connectivity index (χ1n) is 9.47. The Balaban J connectivity index is 0.000000448. The number of carbonyl (C=O) groups excluding carboxylic acids is 3. The Morgan fingerprint density at radius 1 is 0.897 bits per heavy atom. The Labute approximate surface area is 174 Å². The summed E-state index contributed by atoms with van der Waals surface area (Å²) in [7, 11) is 3.41. The molecule has 0 unspecified atom stereocenters. The van der Waals surface area contributed by atoms with Crippen molar-refractivity contribution in [1.82, 2.24) is 4.90 Å². The van der Waals surface area contributed by atoms with Gasteiger partial charge in [0.25, 0.3) is 0 Å². The van der Waals surface area contributed by atoms with Gasteiger partial charge in [-0.05, 0) is 47.1 Å². The van der Waals surface area contributed by atoms with E-state index in [1.165, 1.54) is 5.56 Å². The predicted molar refractivity (Wildman–Crippen MR) is 111 cm³/mol. The fraction of sp³-hybridized carbons (Fsp3) is 0.591. The lowest BCUT2D eigenvalue weighted by atomic mass is 10.2. The molecule has 1 fully saturated rings. The molecular formula is C22H35NO6. The summed E-state index contributed by atoms with van der Waals surface area (Å²) in [6, 6.07) is 10.1. The minimum absolute atomic E-state index is 0.0417. The number of hydrogen-bond donors (Lipinski definition) is 0. The molecular weight excluding hydrogens is 374 g/mol. The molecule has 3 amide bonds. The van der Waals surface area contributed by atoms with Gasteiger partial charge in [-0.15, -0.1) is 0 Å². The van der Waals surface area contributed by atoms with E-state index in [9.17, 15) is 14.4 Å². The largest absolute Gasteiger partial charge is 0.443 e. The quantitative estimate of drug-likeness (QED) is 0.676. The summed E-state index contributed by atoms with van der Waals surface area (Å²) < 4.78 is 14.8.